The van der Waals surface area contributed by atoms with Gasteiger partial charge in [-0.1, -0.05) is 13.0 Å². The Kier molecular flexibility index (Phi) is 5.82. The van der Waals surface area contributed by atoms with Gasteiger partial charge in [0.15, 0.2) is 18.1 Å². The van der Waals surface area contributed by atoms with E-state index in [4.69, 9.17) is 14.6 Å². The van der Waals surface area contributed by atoms with Crippen molar-refractivity contribution in [3.8, 4) is 11.5 Å². The lowest BCUT2D eigenvalue weighted by Crippen LogP contribution is -2.44. The molecule has 20 heavy (non-hydrogen) atoms. The molecule has 0 spiro atoms. The minimum Gasteiger partial charge on any atom is -0.493 e. The first-order valence-electron chi connectivity index (χ1n) is 6.63. The summed E-state index contributed by atoms with van der Waals surface area (Å²) in [6, 6.07) is 5.11. The van der Waals surface area contributed by atoms with Crippen LogP contribution in [0.5, 0.6) is 11.5 Å². The molecule has 1 rings (SSSR count). The summed E-state index contributed by atoms with van der Waals surface area (Å²) >= 11 is 0. The van der Waals surface area contributed by atoms with Crippen molar-refractivity contribution in [1.82, 2.24) is 5.32 Å². The highest BCUT2D eigenvalue weighted by atomic mass is 16.5. The first kappa shape index (κ1) is 16.3. The molecule has 2 N–H and O–H groups in total. The van der Waals surface area contributed by atoms with Gasteiger partial charge in [0.05, 0.1) is 13.7 Å². The number of carbonyl (C=O) groups excluding carboxylic acids is 1. The maximum Gasteiger partial charge on any atom is 0.258 e. The van der Waals surface area contributed by atoms with E-state index in [9.17, 15) is 4.79 Å². The van der Waals surface area contributed by atoms with E-state index in [1.54, 1.807) is 18.2 Å². The van der Waals surface area contributed by atoms with Gasteiger partial charge in [-0.2, -0.15) is 0 Å². The lowest BCUT2D eigenvalue weighted by atomic mass is 10.0. The van der Waals surface area contributed by atoms with Gasteiger partial charge in [-0.3, -0.25) is 4.79 Å². The second kappa shape index (κ2) is 7.14. The molecule has 0 aliphatic carbocycles. The molecule has 0 heterocycles. The molecule has 112 valence electrons. The van der Waals surface area contributed by atoms with Crippen LogP contribution in [0.1, 0.15) is 32.8 Å². The SMILES string of the molecule is CCC(C)(C)NC(=O)COc1cc(CO)ccc1OC. The minimum absolute atomic E-state index is 0.0879. The van der Waals surface area contributed by atoms with Gasteiger partial charge in [0.1, 0.15) is 0 Å². The van der Waals surface area contributed by atoms with Crippen molar-refractivity contribution in [1.29, 1.82) is 0 Å². The molecule has 0 saturated carbocycles. The molecule has 0 fully saturated rings. The molecule has 0 bridgehead atoms. The Morgan fingerprint density at radius 2 is 2.05 bits per heavy atom. The number of rotatable bonds is 7. The zero-order chi connectivity index (χ0) is 15.2. The van der Waals surface area contributed by atoms with E-state index in [-0.39, 0.29) is 24.7 Å². The molecule has 0 atom stereocenters. The van der Waals surface area contributed by atoms with Gasteiger partial charge >= 0.3 is 0 Å². The van der Waals surface area contributed by atoms with Crippen LogP contribution >= 0.6 is 0 Å². The number of aliphatic hydroxyl groups excluding tert-OH is 1. The number of nitrogens with one attached hydrogen (secondary N) is 1. The molecule has 0 saturated heterocycles. The van der Waals surface area contributed by atoms with Gasteiger partial charge < -0.3 is 19.9 Å². The number of hydrogen-bond donors (Lipinski definition) is 2. The van der Waals surface area contributed by atoms with Crippen molar-refractivity contribution in [2.45, 2.75) is 39.3 Å². The zero-order valence-corrected chi connectivity index (χ0v) is 12.5. The monoisotopic (exact) mass is 281 g/mol. The predicted molar refractivity (Wildman–Crippen MR) is 76.9 cm³/mol. The summed E-state index contributed by atoms with van der Waals surface area (Å²) in [5, 5.41) is 12.0. The van der Waals surface area contributed by atoms with Crippen LogP contribution in [0.25, 0.3) is 0 Å². The first-order valence-corrected chi connectivity index (χ1v) is 6.63. The van der Waals surface area contributed by atoms with Gasteiger partial charge in [-0.15, -0.1) is 0 Å². The summed E-state index contributed by atoms with van der Waals surface area (Å²) in [4.78, 5) is 11.8. The van der Waals surface area contributed by atoms with Crippen LogP contribution in [0, 0.1) is 0 Å². The average Bonchev–Trinajstić information content (AvgIpc) is 2.44. The Balaban J connectivity index is 2.67. The summed E-state index contributed by atoms with van der Waals surface area (Å²) in [6.07, 6.45) is 0.835. The van der Waals surface area contributed by atoms with E-state index in [2.05, 4.69) is 5.32 Å². The van der Waals surface area contributed by atoms with Gasteiger partial charge in [-0.05, 0) is 38.0 Å². The quantitative estimate of drug-likeness (QED) is 0.800. The molecule has 1 aromatic carbocycles. The van der Waals surface area contributed by atoms with E-state index in [1.807, 2.05) is 20.8 Å². The number of amides is 1. The maximum atomic E-state index is 11.8. The van der Waals surface area contributed by atoms with Crippen LogP contribution in [0.2, 0.25) is 0 Å². The lowest BCUT2D eigenvalue weighted by Gasteiger charge is -2.24. The second-order valence-corrected chi connectivity index (χ2v) is 5.22. The normalized spacial score (nSPS) is 11.1. The Bertz CT molecular complexity index is 457. The van der Waals surface area contributed by atoms with Gasteiger partial charge in [0.25, 0.3) is 5.91 Å². The van der Waals surface area contributed by atoms with Crippen LogP contribution in [0.4, 0.5) is 0 Å². The van der Waals surface area contributed by atoms with Crippen molar-refractivity contribution >= 4 is 5.91 Å². The summed E-state index contributed by atoms with van der Waals surface area (Å²) in [7, 11) is 1.53. The number of benzene rings is 1. The van der Waals surface area contributed by atoms with Gasteiger partial charge in [0, 0.05) is 5.54 Å². The van der Waals surface area contributed by atoms with E-state index < -0.39 is 0 Å². The summed E-state index contributed by atoms with van der Waals surface area (Å²) in [5.74, 6) is 0.793. The first-order chi connectivity index (χ1) is 9.41. The van der Waals surface area contributed by atoms with Crippen molar-refractivity contribution in [3.63, 3.8) is 0 Å². The largest absolute Gasteiger partial charge is 0.493 e. The fourth-order valence-corrected chi connectivity index (χ4v) is 1.58. The molecule has 1 amide bonds. The zero-order valence-electron chi connectivity index (χ0n) is 12.5. The van der Waals surface area contributed by atoms with Crippen LogP contribution in [0.3, 0.4) is 0 Å². The number of methoxy groups -OCH3 is 1. The smallest absolute Gasteiger partial charge is 0.258 e. The van der Waals surface area contributed by atoms with Crippen molar-refractivity contribution < 1.29 is 19.4 Å². The van der Waals surface area contributed by atoms with Crippen LogP contribution in [-0.4, -0.2) is 30.3 Å². The Morgan fingerprint density at radius 1 is 1.35 bits per heavy atom. The van der Waals surface area contributed by atoms with Crippen molar-refractivity contribution in [2.75, 3.05) is 13.7 Å². The third kappa shape index (κ3) is 4.74. The third-order valence-electron chi connectivity index (χ3n) is 3.13. The highest BCUT2D eigenvalue weighted by molar-refractivity contribution is 5.78. The Hall–Kier alpha value is -1.75. The molecule has 0 aromatic heterocycles. The predicted octanol–water partition coefficient (Wildman–Crippen LogP) is 1.87. The highest BCUT2D eigenvalue weighted by Crippen LogP contribution is 2.28. The molecule has 5 heteroatoms. The van der Waals surface area contributed by atoms with Gasteiger partial charge in [-0.25, -0.2) is 0 Å². The molecule has 0 aliphatic heterocycles. The fourth-order valence-electron chi connectivity index (χ4n) is 1.58. The molecule has 0 radical (unpaired) electrons. The molecular formula is C15H23NO4. The number of hydrogen-bond acceptors (Lipinski definition) is 4. The molecule has 0 unspecified atom stereocenters. The van der Waals surface area contributed by atoms with Gasteiger partial charge in [0.2, 0.25) is 0 Å². The number of aliphatic hydroxyl groups is 1. The number of ether oxygens (including phenoxy) is 2. The molecule has 1 aromatic rings. The molecule has 5 nitrogen and oxygen atoms in total. The number of carbonyl (C=O) groups is 1. The van der Waals surface area contributed by atoms with Crippen LogP contribution in [-0.2, 0) is 11.4 Å². The van der Waals surface area contributed by atoms with Crippen molar-refractivity contribution in [2.24, 2.45) is 0 Å². The fraction of sp³-hybridized carbons (Fsp3) is 0.533. The summed E-state index contributed by atoms with van der Waals surface area (Å²) < 4.78 is 10.6. The second-order valence-electron chi connectivity index (χ2n) is 5.22. The standard InChI is InChI=1S/C15H23NO4/c1-5-15(2,3)16-14(18)10-20-13-8-11(9-17)6-7-12(13)19-4/h6-8,17H,5,9-10H2,1-4H3,(H,16,18). The Labute approximate surface area is 119 Å². The summed E-state index contributed by atoms with van der Waals surface area (Å²) in [6.45, 7) is 5.74. The molecule has 0 aliphatic rings. The van der Waals surface area contributed by atoms with Crippen molar-refractivity contribution in [3.05, 3.63) is 23.8 Å². The van der Waals surface area contributed by atoms with E-state index in [1.165, 1.54) is 7.11 Å². The summed E-state index contributed by atoms with van der Waals surface area (Å²) in [5.41, 5.74) is 0.451. The Morgan fingerprint density at radius 3 is 2.60 bits per heavy atom. The third-order valence-corrected chi connectivity index (χ3v) is 3.13. The van der Waals surface area contributed by atoms with E-state index in [0.717, 1.165) is 6.42 Å². The van der Waals surface area contributed by atoms with E-state index >= 15 is 0 Å². The lowest BCUT2D eigenvalue weighted by molar-refractivity contribution is -0.124. The average molecular weight is 281 g/mol. The highest BCUT2D eigenvalue weighted by Gasteiger charge is 2.18. The maximum absolute atomic E-state index is 11.8. The van der Waals surface area contributed by atoms with Crippen LogP contribution in [0.15, 0.2) is 18.2 Å². The molecular weight excluding hydrogens is 258 g/mol. The minimum atomic E-state index is -0.253. The topological polar surface area (TPSA) is 67.8 Å². The van der Waals surface area contributed by atoms with Crippen LogP contribution < -0.4 is 14.8 Å². The van der Waals surface area contributed by atoms with E-state index in [0.29, 0.717) is 17.1 Å².